The second-order valence-electron chi connectivity index (χ2n) is 4.38. The van der Waals surface area contributed by atoms with Crippen molar-refractivity contribution in [1.82, 2.24) is 0 Å². The van der Waals surface area contributed by atoms with Crippen molar-refractivity contribution in [3.8, 4) is 5.75 Å². The van der Waals surface area contributed by atoms with Crippen molar-refractivity contribution in [2.24, 2.45) is 0 Å². The van der Waals surface area contributed by atoms with Crippen LogP contribution in [0.5, 0.6) is 5.75 Å². The fraction of sp³-hybridized carbons (Fsp3) is 0.200. The Balaban J connectivity index is 2.20. The lowest BCUT2D eigenvalue weighted by molar-refractivity contribution is 0.414. The molecule has 0 aliphatic heterocycles. The quantitative estimate of drug-likeness (QED) is 0.761. The molecule has 2 nitrogen and oxygen atoms in total. The van der Waals surface area contributed by atoms with Gasteiger partial charge in [0, 0.05) is 11.1 Å². The van der Waals surface area contributed by atoms with E-state index < -0.39 is 0 Å². The van der Waals surface area contributed by atoms with E-state index in [-0.39, 0.29) is 6.04 Å². The standard InChI is InChI=1S/C15H14Cl3NO/c1-9(10-3-5-12(20-2)6-4-10)19-15-13(17)7-11(16)8-14(15)18/h3-9,19H,1-2H3. The van der Waals surface area contributed by atoms with Gasteiger partial charge in [0.25, 0.3) is 0 Å². The molecule has 0 aliphatic carbocycles. The van der Waals surface area contributed by atoms with E-state index in [1.54, 1.807) is 19.2 Å². The SMILES string of the molecule is COc1ccc(C(C)Nc2c(Cl)cc(Cl)cc2Cl)cc1. The number of halogens is 3. The van der Waals surface area contributed by atoms with Gasteiger partial charge in [-0.1, -0.05) is 46.9 Å². The topological polar surface area (TPSA) is 21.3 Å². The summed E-state index contributed by atoms with van der Waals surface area (Å²) >= 11 is 18.2. The third kappa shape index (κ3) is 3.51. The second kappa shape index (κ2) is 6.57. The van der Waals surface area contributed by atoms with E-state index in [4.69, 9.17) is 39.5 Å². The van der Waals surface area contributed by atoms with E-state index in [9.17, 15) is 0 Å². The van der Waals surface area contributed by atoms with E-state index in [1.165, 1.54) is 0 Å². The summed E-state index contributed by atoms with van der Waals surface area (Å²) in [6.07, 6.45) is 0. The molecule has 0 saturated carbocycles. The fourth-order valence-electron chi connectivity index (χ4n) is 1.87. The molecule has 0 radical (unpaired) electrons. The lowest BCUT2D eigenvalue weighted by Crippen LogP contribution is -2.07. The van der Waals surface area contributed by atoms with E-state index >= 15 is 0 Å². The largest absolute Gasteiger partial charge is 0.497 e. The maximum atomic E-state index is 6.16. The van der Waals surface area contributed by atoms with Crippen LogP contribution in [0, 0.1) is 0 Å². The predicted octanol–water partition coefficient (Wildman–Crippen LogP) is 5.83. The molecule has 0 spiro atoms. The van der Waals surface area contributed by atoms with Gasteiger partial charge in [0.05, 0.1) is 22.8 Å². The molecule has 2 aromatic rings. The Hall–Kier alpha value is -1.09. The van der Waals surface area contributed by atoms with Gasteiger partial charge in [-0.15, -0.1) is 0 Å². The molecule has 0 aromatic heterocycles. The molecule has 20 heavy (non-hydrogen) atoms. The Morgan fingerprint density at radius 1 is 1.00 bits per heavy atom. The first-order valence-electron chi connectivity index (χ1n) is 6.06. The number of hydrogen-bond donors (Lipinski definition) is 1. The van der Waals surface area contributed by atoms with Crippen LogP contribution in [0.2, 0.25) is 15.1 Å². The van der Waals surface area contributed by atoms with Crippen molar-refractivity contribution in [1.29, 1.82) is 0 Å². The third-order valence-electron chi connectivity index (χ3n) is 2.98. The highest BCUT2D eigenvalue weighted by Gasteiger charge is 2.12. The molecule has 106 valence electrons. The Labute approximate surface area is 133 Å². The van der Waals surface area contributed by atoms with Crippen molar-refractivity contribution in [3.05, 3.63) is 57.0 Å². The van der Waals surface area contributed by atoms with Crippen LogP contribution in [-0.2, 0) is 0 Å². The molecule has 5 heteroatoms. The first-order chi connectivity index (χ1) is 9.51. The molecule has 0 saturated heterocycles. The molecule has 0 amide bonds. The van der Waals surface area contributed by atoms with Gasteiger partial charge in [0.1, 0.15) is 5.75 Å². The molecular weight excluding hydrogens is 317 g/mol. The lowest BCUT2D eigenvalue weighted by Gasteiger charge is -2.18. The monoisotopic (exact) mass is 329 g/mol. The van der Waals surface area contributed by atoms with Crippen molar-refractivity contribution in [2.45, 2.75) is 13.0 Å². The summed E-state index contributed by atoms with van der Waals surface area (Å²) in [7, 11) is 1.64. The lowest BCUT2D eigenvalue weighted by atomic mass is 10.1. The molecule has 0 fully saturated rings. The summed E-state index contributed by atoms with van der Waals surface area (Å²) < 4.78 is 5.14. The van der Waals surface area contributed by atoms with Crippen LogP contribution in [0.3, 0.4) is 0 Å². The number of rotatable bonds is 4. The van der Waals surface area contributed by atoms with Crippen LogP contribution in [0.1, 0.15) is 18.5 Å². The highest BCUT2D eigenvalue weighted by Crippen LogP contribution is 2.36. The normalized spacial score (nSPS) is 12.1. The predicted molar refractivity (Wildman–Crippen MR) is 86.5 cm³/mol. The van der Waals surface area contributed by atoms with Gasteiger partial charge in [-0.05, 0) is 36.8 Å². The Bertz CT molecular complexity index is 576. The van der Waals surface area contributed by atoms with Crippen LogP contribution < -0.4 is 10.1 Å². The number of hydrogen-bond acceptors (Lipinski definition) is 2. The van der Waals surface area contributed by atoms with Crippen molar-refractivity contribution >= 4 is 40.5 Å². The van der Waals surface area contributed by atoms with E-state index in [1.807, 2.05) is 31.2 Å². The molecule has 2 aromatic carbocycles. The summed E-state index contributed by atoms with van der Waals surface area (Å²) in [5, 5.41) is 4.82. The van der Waals surface area contributed by atoms with Crippen LogP contribution >= 0.6 is 34.8 Å². The molecule has 1 atom stereocenters. The van der Waals surface area contributed by atoms with Crippen molar-refractivity contribution < 1.29 is 4.74 Å². The fourth-order valence-corrected chi connectivity index (χ4v) is 2.80. The van der Waals surface area contributed by atoms with E-state index in [0.717, 1.165) is 11.3 Å². The summed E-state index contributed by atoms with van der Waals surface area (Å²) in [5.74, 6) is 0.823. The zero-order valence-corrected chi connectivity index (χ0v) is 13.4. The molecule has 0 bridgehead atoms. The average Bonchev–Trinajstić information content (AvgIpc) is 2.42. The van der Waals surface area contributed by atoms with Gasteiger partial charge in [-0.3, -0.25) is 0 Å². The van der Waals surface area contributed by atoms with Crippen LogP contribution in [0.25, 0.3) is 0 Å². The zero-order chi connectivity index (χ0) is 14.7. The van der Waals surface area contributed by atoms with E-state index in [0.29, 0.717) is 20.8 Å². The maximum Gasteiger partial charge on any atom is 0.118 e. The van der Waals surface area contributed by atoms with Gasteiger partial charge in [0.2, 0.25) is 0 Å². The molecule has 0 aliphatic rings. The minimum atomic E-state index is 0.0529. The van der Waals surface area contributed by atoms with Gasteiger partial charge >= 0.3 is 0 Å². The highest BCUT2D eigenvalue weighted by molar-refractivity contribution is 6.41. The van der Waals surface area contributed by atoms with Crippen LogP contribution in [0.4, 0.5) is 5.69 Å². The highest BCUT2D eigenvalue weighted by atomic mass is 35.5. The molecule has 1 N–H and O–H groups in total. The average molecular weight is 331 g/mol. The van der Waals surface area contributed by atoms with Crippen LogP contribution in [0.15, 0.2) is 36.4 Å². The Morgan fingerprint density at radius 2 is 1.55 bits per heavy atom. The maximum absolute atomic E-state index is 6.16. The summed E-state index contributed by atoms with van der Waals surface area (Å²) in [6.45, 7) is 2.03. The summed E-state index contributed by atoms with van der Waals surface area (Å²) in [5.41, 5.74) is 1.79. The summed E-state index contributed by atoms with van der Waals surface area (Å²) in [6, 6.07) is 11.2. The first kappa shape index (κ1) is 15.3. The van der Waals surface area contributed by atoms with Gasteiger partial charge < -0.3 is 10.1 Å². The first-order valence-corrected chi connectivity index (χ1v) is 7.19. The van der Waals surface area contributed by atoms with Gasteiger partial charge in [0.15, 0.2) is 0 Å². The van der Waals surface area contributed by atoms with E-state index in [2.05, 4.69) is 5.32 Å². The number of benzene rings is 2. The zero-order valence-electron chi connectivity index (χ0n) is 11.1. The van der Waals surface area contributed by atoms with Crippen LogP contribution in [-0.4, -0.2) is 7.11 Å². The molecule has 1 unspecified atom stereocenters. The number of ether oxygens (including phenoxy) is 1. The van der Waals surface area contributed by atoms with Gasteiger partial charge in [-0.25, -0.2) is 0 Å². The number of nitrogens with one attached hydrogen (secondary N) is 1. The minimum Gasteiger partial charge on any atom is -0.497 e. The van der Waals surface area contributed by atoms with Crippen molar-refractivity contribution in [3.63, 3.8) is 0 Å². The molecule has 2 rings (SSSR count). The minimum absolute atomic E-state index is 0.0529. The van der Waals surface area contributed by atoms with Crippen molar-refractivity contribution in [2.75, 3.05) is 12.4 Å². The number of methoxy groups -OCH3 is 1. The number of anilines is 1. The summed E-state index contributed by atoms with van der Waals surface area (Å²) in [4.78, 5) is 0. The molecule has 0 heterocycles. The van der Waals surface area contributed by atoms with Gasteiger partial charge in [-0.2, -0.15) is 0 Å². The Morgan fingerprint density at radius 3 is 2.05 bits per heavy atom. The second-order valence-corrected chi connectivity index (χ2v) is 5.63. The Kier molecular flexibility index (Phi) is 5.03. The molecular formula is C15H14Cl3NO. The smallest absolute Gasteiger partial charge is 0.118 e. The third-order valence-corrected chi connectivity index (χ3v) is 3.80.